The predicted molar refractivity (Wildman–Crippen MR) is 91.6 cm³/mol. The maximum Gasteiger partial charge on any atom is 0.324 e. The summed E-state index contributed by atoms with van der Waals surface area (Å²) in [6.45, 7) is 7.03. The molecule has 2 N–H and O–H groups in total. The Morgan fingerprint density at radius 1 is 1.21 bits per heavy atom. The Labute approximate surface area is 142 Å². The molecule has 0 atom stereocenters. The zero-order valence-electron chi connectivity index (χ0n) is 14.5. The molecule has 130 valence electrons. The molecule has 0 aliphatic carbocycles. The molecule has 2 rings (SSSR count). The highest BCUT2D eigenvalue weighted by molar-refractivity contribution is 6.01. The van der Waals surface area contributed by atoms with Gasteiger partial charge in [-0.25, -0.2) is 4.79 Å². The van der Waals surface area contributed by atoms with Gasteiger partial charge >= 0.3 is 6.03 Å². The molecule has 6 heteroatoms. The lowest BCUT2D eigenvalue weighted by Gasteiger charge is -2.19. The van der Waals surface area contributed by atoms with Gasteiger partial charge in [0.1, 0.15) is 0 Å². The largest absolute Gasteiger partial charge is 0.354 e. The van der Waals surface area contributed by atoms with Crippen molar-refractivity contribution in [3.05, 3.63) is 35.4 Å². The second-order valence-corrected chi connectivity index (χ2v) is 7.00. The molecule has 0 unspecified atom stereocenters. The molecule has 1 saturated heterocycles. The molecule has 1 aromatic rings. The Morgan fingerprint density at radius 3 is 2.42 bits per heavy atom. The molecule has 6 nitrogen and oxygen atoms in total. The van der Waals surface area contributed by atoms with Crippen LogP contribution < -0.4 is 10.6 Å². The maximum atomic E-state index is 11.9. The van der Waals surface area contributed by atoms with E-state index in [0.29, 0.717) is 12.8 Å². The third kappa shape index (κ3) is 4.81. The number of benzene rings is 1. The first-order valence-electron chi connectivity index (χ1n) is 8.21. The summed E-state index contributed by atoms with van der Waals surface area (Å²) in [6.07, 6.45) is 1.05. The molecule has 4 amide bonds. The SMILES string of the molecule is CC(C)(C)c1ccc(CCC(=O)NCCN2C(=O)CNC2=O)cc1. The van der Waals surface area contributed by atoms with Gasteiger partial charge < -0.3 is 10.6 Å². The first-order chi connectivity index (χ1) is 11.3. The van der Waals surface area contributed by atoms with E-state index in [2.05, 4.69) is 55.7 Å². The normalized spacial score (nSPS) is 14.7. The molecule has 0 aromatic heterocycles. The zero-order valence-corrected chi connectivity index (χ0v) is 14.5. The van der Waals surface area contributed by atoms with Crippen molar-refractivity contribution >= 4 is 17.8 Å². The van der Waals surface area contributed by atoms with Crippen LogP contribution in [0, 0.1) is 0 Å². The molecule has 0 saturated carbocycles. The summed E-state index contributed by atoms with van der Waals surface area (Å²) < 4.78 is 0. The fourth-order valence-electron chi connectivity index (χ4n) is 2.51. The second kappa shape index (κ2) is 7.47. The van der Waals surface area contributed by atoms with Crippen molar-refractivity contribution in [3.63, 3.8) is 0 Å². The van der Waals surface area contributed by atoms with Crippen molar-refractivity contribution in [2.24, 2.45) is 0 Å². The van der Waals surface area contributed by atoms with Crippen LogP contribution in [-0.4, -0.2) is 42.4 Å². The Hall–Kier alpha value is -2.37. The average Bonchev–Trinajstić information content (AvgIpc) is 2.84. The van der Waals surface area contributed by atoms with E-state index >= 15 is 0 Å². The number of hydrogen-bond acceptors (Lipinski definition) is 3. The van der Waals surface area contributed by atoms with E-state index in [-0.39, 0.29) is 36.9 Å². The number of urea groups is 1. The van der Waals surface area contributed by atoms with Gasteiger partial charge in [0.25, 0.3) is 0 Å². The van der Waals surface area contributed by atoms with Crippen molar-refractivity contribution in [1.29, 1.82) is 0 Å². The number of carbonyl (C=O) groups is 3. The molecule has 0 bridgehead atoms. The Kier molecular flexibility index (Phi) is 5.59. The van der Waals surface area contributed by atoms with Crippen LogP contribution in [0.25, 0.3) is 0 Å². The van der Waals surface area contributed by atoms with Crippen LogP contribution in [-0.2, 0) is 21.4 Å². The number of nitrogens with one attached hydrogen (secondary N) is 2. The molecule has 1 aliphatic rings. The van der Waals surface area contributed by atoms with Gasteiger partial charge in [-0.05, 0) is 23.0 Å². The molecular formula is C18H25N3O3. The van der Waals surface area contributed by atoms with Crippen LogP contribution in [0.5, 0.6) is 0 Å². The second-order valence-electron chi connectivity index (χ2n) is 7.00. The third-order valence-electron chi connectivity index (χ3n) is 4.06. The number of amides is 4. The fraction of sp³-hybridized carbons (Fsp3) is 0.500. The van der Waals surface area contributed by atoms with Gasteiger partial charge in [0.05, 0.1) is 6.54 Å². The van der Waals surface area contributed by atoms with Gasteiger partial charge in [0, 0.05) is 19.5 Å². The summed E-state index contributed by atoms with van der Waals surface area (Å²) in [5.74, 6) is -0.338. The van der Waals surface area contributed by atoms with Gasteiger partial charge in [-0.2, -0.15) is 0 Å². The average molecular weight is 331 g/mol. The topological polar surface area (TPSA) is 78.5 Å². The molecule has 1 heterocycles. The fourth-order valence-corrected chi connectivity index (χ4v) is 2.51. The Balaban J connectivity index is 1.71. The summed E-state index contributed by atoms with van der Waals surface area (Å²) >= 11 is 0. The first kappa shape index (κ1) is 18.0. The molecule has 0 radical (unpaired) electrons. The smallest absolute Gasteiger partial charge is 0.324 e. The van der Waals surface area contributed by atoms with Crippen molar-refractivity contribution < 1.29 is 14.4 Å². The molecule has 1 fully saturated rings. The van der Waals surface area contributed by atoms with Gasteiger partial charge in [-0.15, -0.1) is 0 Å². The Bertz CT molecular complexity index is 601. The van der Waals surface area contributed by atoms with Gasteiger partial charge in [0.2, 0.25) is 11.8 Å². The summed E-state index contributed by atoms with van der Waals surface area (Å²) in [6, 6.07) is 7.92. The van der Waals surface area contributed by atoms with Crippen LogP contribution in [0.15, 0.2) is 24.3 Å². The lowest BCUT2D eigenvalue weighted by atomic mass is 9.86. The van der Waals surface area contributed by atoms with E-state index in [9.17, 15) is 14.4 Å². The number of rotatable bonds is 6. The number of carbonyl (C=O) groups excluding carboxylic acids is 3. The monoisotopic (exact) mass is 331 g/mol. The molecule has 24 heavy (non-hydrogen) atoms. The highest BCUT2D eigenvalue weighted by Crippen LogP contribution is 2.22. The number of imide groups is 1. The summed E-state index contributed by atoms with van der Waals surface area (Å²) in [5, 5.41) is 5.19. The minimum absolute atomic E-state index is 0.0390. The standard InChI is InChI=1S/C18H25N3O3/c1-18(2,3)14-7-4-13(5-8-14)6-9-15(22)19-10-11-21-16(23)12-20-17(21)24/h4-5,7-8H,6,9-12H2,1-3H3,(H,19,22)(H,20,24). The first-order valence-corrected chi connectivity index (χ1v) is 8.21. The minimum Gasteiger partial charge on any atom is -0.354 e. The lowest BCUT2D eigenvalue weighted by Crippen LogP contribution is -2.38. The van der Waals surface area contributed by atoms with E-state index in [1.54, 1.807) is 0 Å². The number of aryl methyl sites for hydroxylation is 1. The van der Waals surface area contributed by atoms with E-state index in [4.69, 9.17) is 0 Å². The highest BCUT2D eigenvalue weighted by Gasteiger charge is 2.27. The molecular weight excluding hydrogens is 306 g/mol. The van der Waals surface area contributed by atoms with Gasteiger partial charge in [-0.3, -0.25) is 14.5 Å². The number of nitrogens with zero attached hydrogens (tertiary/aromatic N) is 1. The molecule has 1 aliphatic heterocycles. The van der Waals surface area contributed by atoms with Crippen molar-refractivity contribution in [2.75, 3.05) is 19.6 Å². The summed E-state index contributed by atoms with van der Waals surface area (Å²) in [4.78, 5) is 35.7. The Morgan fingerprint density at radius 2 is 1.88 bits per heavy atom. The van der Waals surface area contributed by atoms with Crippen molar-refractivity contribution in [1.82, 2.24) is 15.5 Å². The van der Waals surface area contributed by atoms with Gasteiger partial charge in [0.15, 0.2) is 0 Å². The molecule has 0 spiro atoms. The lowest BCUT2D eigenvalue weighted by molar-refractivity contribution is -0.126. The highest BCUT2D eigenvalue weighted by atomic mass is 16.2. The van der Waals surface area contributed by atoms with Crippen LogP contribution in [0.4, 0.5) is 4.79 Å². The summed E-state index contributed by atoms with van der Waals surface area (Å²) in [7, 11) is 0. The third-order valence-corrected chi connectivity index (χ3v) is 4.06. The predicted octanol–water partition coefficient (Wildman–Crippen LogP) is 1.58. The van der Waals surface area contributed by atoms with E-state index in [1.165, 1.54) is 5.56 Å². The summed E-state index contributed by atoms with van der Waals surface area (Å²) in [5.41, 5.74) is 2.51. The van der Waals surface area contributed by atoms with E-state index < -0.39 is 6.03 Å². The van der Waals surface area contributed by atoms with Crippen molar-refractivity contribution in [2.45, 2.75) is 39.0 Å². The maximum absolute atomic E-state index is 11.9. The van der Waals surface area contributed by atoms with Crippen LogP contribution >= 0.6 is 0 Å². The van der Waals surface area contributed by atoms with E-state index in [0.717, 1.165) is 10.5 Å². The van der Waals surface area contributed by atoms with E-state index in [1.807, 2.05) is 0 Å². The van der Waals surface area contributed by atoms with Gasteiger partial charge in [-0.1, -0.05) is 45.0 Å². The number of hydrogen-bond donors (Lipinski definition) is 2. The molecule has 1 aromatic carbocycles. The van der Waals surface area contributed by atoms with Crippen LogP contribution in [0.1, 0.15) is 38.3 Å². The van der Waals surface area contributed by atoms with Crippen LogP contribution in [0.3, 0.4) is 0 Å². The minimum atomic E-state index is -0.395. The quantitative estimate of drug-likeness (QED) is 0.777. The van der Waals surface area contributed by atoms with Crippen molar-refractivity contribution in [3.8, 4) is 0 Å². The zero-order chi connectivity index (χ0) is 17.7. The van der Waals surface area contributed by atoms with Crippen LogP contribution in [0.2, 0.25) is 0 Å².